The quantitative estimate of drug-likeness (QED) is 0.0553. The molecule has 0 saturated heterocycles. The molecule has 2 N–H and O–H groups in total. The Morgan fingerprint density at radius 2 is 1.30 bits per heavy atom. The summed E-state index contributed by atoms with van der Waals surface area (Å²) in [6, 6.07) is 26.8. The number of carbonyl (C=O) groups is 5. The van der Waals surface area contributed by atoms with E-state index >= 15 is 0 Å². The molecule has 0 spiro atoms. The third kappa shape index (κ3) is 10.3. The molecule has 4 aliphatic rings. The Morgan fingerprint density at radius 3 is 1.90 bits per heavy atom. The molecule has 0 unspecified atom stereocenters. The molecule has 4 aliphatic heterocycles. The van der Waals surface area contributed by atoms with Crippen molar-refractivity contribution in [2.75, 3.05) is 49.7 Å². The molecule has 71 heavy (non-hydrogen) atoms. The molecule has 0 radical (unpaired) electrons. The highest BCUT2D eigenvalue weighted by molar-refractivity contribution is 6.76. The summed E-state index contributed by atoms with van der Waals surface area (Å²) in [5.41, 5.74) is 6.76. The van der Waals surface area contributed by atoms with E-state index in [4.69, 9.17) is 28.4 Å². The summed E-state index contributed by atoms with van der Waals surface area (Å²) < 4.78 is 35.9. The maximum atomic E-state index is 14.7. The molecule has 0 aromatic heterocycles. The second-order valence-electron chi connectivity index (χ2n) is 19.1. The van der Waals surface area contributed by atoms with Crippen molar-refractivity contribution < 1.29 is 52.4 Å². The van der Waals surface area contributed by atoms with Crippen molar-refractivity contribution in [1.29, 1.82) is 0 Å². The SMILES string of the molecule is C=CCOC(=O)Nc1cc(COc2cc3c(cc2OC)C(=O)N2Cc4ccccc4C[C@H]2C(=O)N3)cc(COc2cc3c(cc2OC)C(=O)N2Cc4ccccc4C[C@H]2C(=O)N3COCC[Si](C)(C)C)c1. The van der Waals surface area contributed by atoms with E-state index in [9.17, 15) is 24.0 Å². The molecule has 16 nitrogen and oxygen atoms in total. The fourth-order valence-corrected chi connectivity index (χ4v) is 10.1. The lowest BCUT2D eigenvalue weighted by Crippen LogP contribution is -2.51. The van der Waals surface area contributed by atoms with Gasteiger partial charge in [-0.3, -0.25) is 29.4 Å². The van der Waals surface area contributed by atoms with Gasteiger partial charge in [-0.15, -0.1) is 0 Å². The van der Waals surface area contributed by atoms with E-state index in [2.05, 4.69) is 36.9 Å². The third-order valence-electron chi connectivity index (χ3n) is 13.1. The average Bonchev–Trinajstić information content (AvgIpc) is 3.51. The zero-order valence-corrected chi connectivity index (χ0v) is 41.5. The third-order valence-corrected chi connectivity index (χ3v) is 14.8. The number of methoxy groups -OCH3 is 2. The minimum Gasteiger partial charge on any atom is -0.493 e. The Labute approximate surface area is 413 Å². The van der Waals surface area contributed by atoms with E-state index in [1.165, 1.54) is 20.3 Å². The first kappa shape index (κ1) is 48.4. The van der Waals surface area contributed by atoms with Gasteiger partial charge >= 0.3 is 6.09 Å². The van der Waals surface area contributed by atoms with Crippen molar-refractivity contribution in [1.82, 2.24) is 9.80 Å². The number of ether oxygens (including phenoxy) is 6. The summed E-state index contributed by atoms with van der Waals surface area (Å²) in [6.07, 6.45) is 1.50. The molecule has 9 rings (SSSR count). The highest BCUT2D eigenvalue weighted by Gasteiger charge is 2.43. The topological polar surface area (TPSA) is 175 Å². The van der Waals surface area contributed by atoms with Crippen molar-refractivity contribution >= 4 is 54.9 Å². The molecule has 17 heteroatoms. The fraction of sp³-hybridized carbons (Fsp3) is 0.315. The van der Waals surface area contributed by atoms with Crippen LogP contribution in [0.4, 0.5) is 21.9 Å². The van der Waals surface area contributed by atoms with Gasteiger partial charge in [-0.25, -0.2) is 4.79 Å². The first-order valence-corrected chi connectivity index (χ1v) is 27.2. The molecule has 5 aromatic rings. The number of hydrogen-bond donors (Lipinski definition) is 2. The Kier molecular flexibility index (Phi) is 13.9. The molecular formula is C54H57N5O11Si. The summed E-state index contributed by atoms with van der Waals surface area (Å²) in [7, 11) is 1.49. The number of benzene rings is 5. The van der Waals surface area contributed by atoms with Crippen LogP contribution in [0.15, 0.2) is 104 Å². The molecule has 368 valence electrons. The highest BCUT2D eigenvalue weighted by atomic mass is 28.3. The van der Waals surface area contributed by atoms with Crippen LogP contribution in [-0.2, 0) is 58.2 Å². The Hall–Kier alpha value is -7.63. The van der Waals surface area contributed by atoms with Gasteiger partial charge in [-0.2, -0.15) is 0 Å². The van der Waals surface area contributed by atoms with Gasteiger partial charge in [0.15, 0.2) is 23.0 Å². The maximum absolute atomic E-state index is 14.7. The molecule has 0 fully saturated rings. The lowest BCUT2D eigenvalue weighted by atomic mass is 9.93. The van der Waals surface area contributed by atoms with Gasteiger partial charge in [-0.05, 0) is 69.8 Å². The van der Waals surface area contributed by atoms with Crippen molar-refractivity contribution in [3.63, 3.8) is 0 Å². The molecule has 5 amide bonds. The van der Waals surface area contributed by atoms with Crippen LogP contribution >= 0.6 is 0 Å². The number of nitrogens with zero attached hydrogens (tertiary/aromatic N) is 3. The minimum absolute atomic E-state index is 0.0118. The van der Waals surface area contributed by atoms with E-state index < -0.39 is 26.3 Å². The number of anilines is 3. The van der Waals surface area contributed by atoms with Crippen molar-refractivity contribution in [3.05, 3.63) is 148 Å². The standard InChI is InChI=1S/C54H57N5O11Si/c1-7-16-68-54(64)55-39-20-33(30-69-48-26-42-40(24-46(48)65-2)51(61)57-28-37-14-10-8-12-35(37)22-44(57)50(60)56-42)19-34(21-39)31-70-49-27-43-41(25-47(49)66-3)52(62)58-29-38-15-11-9-13-36(38)23-45(58)53(63)59(43)32-67-17-18-71(4,5)6/h7-15,19-21,24-27,44-45H,1,16-18,22-23,28-32H2,2-6H3,(H,55,64)(H,56,60)/t44-,45-/m0/s1. The number of amides is 5. The van der Waals surface area contributed by atoms with Gasteiger partial charge in [0, 0.05) is 58.4 Å². The predicted octanol–water partition coefficient (Wildman–Crippen LogP) is 8.34. The van der Waals surface area contributed by atoms with Gasteiger partial charge in [0.2, 0.25) is 5.91 Å². The monoisotopic (exact) mass is 979 g/mol. The lowest BCUT2D eigenvalue weighted by molar-refractivity contribution is -0.124. The molecule has 0 aliphatic carbocycles. The minimum atomic E-state index is -1.46. The van der Waals surface area contributed by atoms with Crippen molar-refractivity contribution in [2.24, 2.45) is 0 Å². The molecule has 0 saturated carbocycles. The Bertz CT molecular complexity index is 2940. The number of hydrogen-bond acceptors (Lipinski definition) is 11. The van der Waals surface area contributed by atoms with Crippen LogP contribution < -0.4 is 34.5 Å². The second-order valence-corrected chi connectivity index (χ2v) is 24.8. The summed E-state index contributed by atoms with van der Waals surface area (Å²) >= 11 is 0. The summed E-state index contributed by atoms with van der Waals surface area (Å²) in [5, 5.41) is 5.71. The lowest BCUT2D eigenvalue weighted by Gasteiger charge is -2.35. The van der Waals surface area contributed by atoms with E-state index in [-0.39, 0.29) is 90.8 Å². The molecule has 5 aromatic carbocycles. The zero-order valence-electron chi connectivity index (χ0n) is 40.5. The van der Waals surface area contributed by atoms with Crippen molar-refractivity contribution in [3.8, 4) is 23.0 Å². The van der Waals surface area contributed by atoms with Gasteiger partial charge in [-0.1, -0.05) is 80.8 Å². The van der Waals surface area contributed by atoms with Crippen LogP contribution in [0.1, 0.15) is 54.1 Å². The number of nitrogens with one attached hydrogen (secondary N) is 2. The first-order valence-electron chi connectivity index (χ1n) is 23.5. The van der Waals surface area contributed by atoms with Gasteiger partial charge < -0.3 is 43.5 Å². The Balaban J connectivity index is 0.995. The molecular weight excluding hydrogens is 923 g/mol. The number of rotatable bonds is 16. The summed E-state index contributed by atoms with van der Waals surface area (Å²) in [6.45, 7) is 11.2. The first-order chi connectivity index (χ1) is 34.2. The van der Waals surface area contributed by atoms with E-state index in [1.807, 2.05) is 54.6 Å². The van der Waals surface area contributed by atoms with E-state index in [0.717, 1.165) is 28.3 Å². The smallest absolute Gasteiger partial charge is 0.411 e. The highest BCUT2D eigenvalue weighted by Crippen LogP contribution is 2.42. The maximum Gasteiger partial charge on any atom is 0.411 e. The molecule has 0 bridgehead atoms. The largest absolute Gasteiger partial charge is 0.493 e. The van der Waals surface area contributed by atoms with E-state index in [1.54, 1.807) is 51.1 Å². The Morgan fingerprint density at radius 1 is 0.732 bits per heavy atom. The summed E-state index contributed by atoms with van der Waals surface area (Å²) in [4.78, 5) is 74.5. The van der Waals surface area contributed by atoms with Crippen LogP contribution in [0, 0.1) is 0 Å². The van der Waals surface area contributed by atoms with Crippen LogP contribution in [-0.4, -0.2) is 93.8 Å². The normalized spacial score (nSPS) is 16.9. The predicted molar refractivity (Wildman–Crippen MR) is 269 cm³/mol. The van der Waals surface area contributed by atoms with E-state index in [0.29, 0.717) is 54.2 Å². The second kappa shape index (κ2) is 20.4. The van der Waals surface area contributed by atoms with Crippen LogP contribution in [0.25, 0.3) is 0 Å². The summed E-state index contributed by atoms with van der Waals surface area (Å²) in [5.74, 6) is -0.117. The van der Waals surface area contributed by atoms with Crippen molar-refractivity contribution in [2.45, 2.75) is 76.9 Å². The van der Waals surface area contributed by atoms with Crippen LogP contribution in [0.3, 0.4) is 0 Å². The van der Waals surface area contributed by atoms with Gasteiger partial charge in [0.1, 0.15) is 38.6 Å². The fourth-order valence-electron chi connectivity index (χ4n) is 9.36. The zero-order chi connectivity index (χ0) is 50.0. The molecule has 2 atom stereocenters. The number of fused-ring (bicyclic) bond motifs is 6. The van der Waals surface area contributed by atoms with Gasteiger partial charge in [0.25, 0.3) is 17.7 Å². The van der Waals surface area contributed by atoms with Gasteiger partial charge in [0.05, 0.1) is 36.7 Å². The van der Waals surface area contributed by atoms with Crippen LogP contribution in [0.5, 0.6) is 23.0 Å². The number of carbonyl (C=O) groups excluding carboxylic acids is 5. The average molecular weight is 980 g/mol. The van der Waals surface area contributed by atoms with Crippen LogP contribution in [0.2, 0.25) is 25.7 Å². The molecule has 4 heterocycles.